The molecule has 0 spiro atoms. The minimum Gasteiger partial charge on any atom is -0.273 e. The van der Waals surface area contributed by atoms with E-state index in [9.17, 15) is 0 Å². The number of aromatic nitrogens is 2. The molecular weight excluding hydrogens is 136 g/mol. The molecule has 0 unspecified atom stereocenters. The predicted molar refractivity (Wildman–Crippen MR) is 46.4 cm³/mol. The van der Waals surface area contributed by atoms with Crippen LogP contribution in [0.3, 0.4) is 0 Å². The summed E-state index contributed by atoms with van der Waals surface area (Å²) in [6, 6.07) is 0. The highest BCUT2D eigenvalue weighted by Gasteiger charge is 1.99. The van der Waals surface area contributed by atoms with E-state index in [4.69, 9.17) is 0 Å². The summed E-state index contributed by atoms with van der Waals surface area (Å²) in [6.45, 7) is 7.52. The Balaban J connectivity index is 2.58. The molecule has 0 atom stereocenters. The second-order valence-electron chi connectivity index (χ2n) is 3.30. The summed E-state index contributed by atoms with van der Waals surface area (Å²) in [4.78, 5) is 0. The molecule has 0 radical (unpaired) electrons. The van der Waals surface area contributed by atoms with E-state index >= 15 is 0 Å². The average Bonchev–Trinajstić information content (AvgIpc) is 2.34. The molecule has 1 aromatic rings. The minimum absolute atomic E-state index is 0.726. The van der Waals surface area contributed by atoms with E-state index in [2.05, 4.69) is 32.1 Å². The number of rotatable bonds is 3. The van der Waals surface area contributed by atoms with Gasteiger partial charge in [-0.3, -0.25) is 4.68 Å². The largest absolute Gasteiger partial charge is 0.273 e. The molecule has 0 saturated heterocycles. The molecule has 0 bridgehead atoms. The van der Waals surface area contributed by atoms with E-state index in [-0.39, 0.29) is 0 Å². The van der Waals surface area contributed by atoms with Gasteiger partial charge in [0.2, 0.25) is 0 Å². The van der Waals surface area contributed by atoms with E-state index in [1.165, 1.54) is 5.56 Å². The normalized spacial score (nSPS) is 10.9. The lowest BCUT2D eigenvalue weighted by Gasteiger charge is -1.99. The van der Waals surface area contributed by atoms with Gasteiger partial charge in [-0.1, -0.05) is 13.8 Å². The summed E-state index contributed by atoms with van der Waals surface area (Å²) in [5.41, 5.74) is 1.35. The molecule has 1 aromatic heterocycles. The molecule has 62 valence electrons. The first kappa shape index (κ1) is 8.31. The number of hydrogen-bond acceptors (Lipinski definition) is 1. The van der Waals surface area contributed by atoms with Gasteiger partial charge in [-0.25, -0.2) is 0 Å². The Labute approximate surface area is 68.2 Å². The first-order valence-electron chi connectivity index (χ1n) is 4.23. The van der Waals surface area contributed by atoms with E-state index in [1.54, 1.807) is 0 Å². The molecule has 1 rings (SSSR count). The van der Waals surface area contributed by atoms with Gasteiger partial charge in [-0.05, 0) is 24.8 Å². The monoisotopic (exact) mass is 152 g/mol. The molecule has 1 heterocycles. The van der Waals surface area contributed by atoms with Crippen molar-refractivity contribution in [3.05, 3.63) is 18.0 Å². The molecule has 0 aliphatic heterocycles. The molecular formula is C9H16N2. The quantitative estimate of drug-likeness (QED) is 0.648. The summed E-state index contributed by atoms with van der Waals surface area (Å²) in [7, 11) is 0. The molecule has 2 nitrogen and oxygen atoms in total. The van der Waals surface area contributed by atoms with Crippen LogP contribution in [0.25, 0.3) is 0 Å². The molecule has 0 aliphatic rings. The van der Waals surface area contributed by atoms with Gasteiger partial charge in [-0.2, -0.15) is 5.10 Å². The number of nitrogens with zero attached hydrogens (tertiary/aromatic N) is 2. The van der Waals surface area contributed by atoms with Crippen molar-refractivity contribution in [2.45, 2.75) is 33.7 Å². The fraction of sp³-hybridized carbons (Fsp3) is 0.667. The van der Waals surface area contributed by atoms with Crippen LogP contribution in [0.5, 0.6) is 0 Å². The van der Waals surface area contributed by atoms with E-state index in [1.807, 2.05) is 10.9 Å². The van der Waals surface area contributed by atoms with Crippen molar-refractivity contribution in [1.82, 2.24) is 9.78 Å². The van der Waals surface area contributed by atoms with Crippen molar-refractivity contribution < 1.29 is 0 Å². The molecule has 11 heavy (non-hydrogen) atoms. The van der Waals surface area contributed by atoms with Crippen molar-refractivity contribution in [2.24, 2.45) is 5.92 Å². The SMILES string of the molecule is CCn1cc(CC(C)C)cn1. The molecule has 0 aromatic carbocycles. The lowest BCUT2D eigenvalue weighted by Crippen LogP contribution is -1.94. The van der Waals surface area contributed by atoms with Gasteiger partial charge in [0.05, 0.1) is 6.20 Å². The van der Waals surface area contributed by atoms with Crippen molar-refractivity contribution in [3.8, 4) is 0 Å². The fourth-order valence-electron chi connectivity index (χ4n) is 1.16. The Bertz CT molecular complexity index is 213. The molecule has 2 heteroatoms. The third kappa shape index (κ3) is 2.37. The maximum atomic E-state index is 4.20. The zero-order valence-electron chi connectivity index (χ0n) is 7.54. The highest BCUT2D eigenvalue weighted by Crippen LogP contribution is 2.05. The highest BCUT2D eigenvalue weighted by atomic mass is 15.3. The Kier molecular flexibility index (Phi) is 2.69. The first-order valence-corrected chi connectivity index (χ1v) is 4.23. The molecule has 0 amide bonds. The smallest absolute Gasteiger partial charge is 0.0521 e. The van der Waals surface area contributed by atoms with Gasteiger partial charge >= 0.3 is 0 Å². The third-order valence-electron chi connectivity index (χ3n) is 1.65. The summed E-state index contributed by atoms with van der Waals surface area (Å²) >= 11 is 0. The van der Waals surface area contributed by atoms with Crippen molar-refractivity contribution in [3.63, 3.8) is 0 Å². The van der Waals surface area contributed by atoms with Crippen LogP contribution in [0.4, 0.5) is 0 Å². The van der Waals surface area contributed by atoms with Crippen LogP contribution in [0, 0.1) is 5.92 Å². The predicted octanol–water partition coefficient (Wildman–Crippen LogP) is 2.10. The minimum atomic E-state index is 0.726. The van der Waals surface area contributed by atoms with E-state index in [0.29, 0.717) is 0 Å². The van der Waals surface area contributed by atoms with E-state index < -0.39 is 0 Å². The van der Waals surface area contributed by atoms with Gasteiger partial charge in [0.15, 0.2) is 0 Å². The Morgan fingerprint density at radius 3 is 2.73 bits per heavy atom. The van der Waals surface area contributed by atoms with Crippen LogP contribution in [0.15, 0.2) is 12.4 Å². The van der Waals surface area contributed by atoms with Crippen LogP contribution in [-0.2, 0) is 13.0 Å². The average molecular weight is 152 g/mol. The van der Waals surface area contributed by atoms with Crippen molar-refractivity contribution in [1.29, 1.82) is 0 Å². The van der Waals surface area contributed by atoms with Gasteiger partial charge < -0.3 is 0 Å². The number of aryl methyl sites for hydroxylation is 1. The summed E-state index contributed by atoms with van der Waals surface area (Å²) in [5.74, 6) is 0.726. The zero-order valence-corrected chi connectivity index (χ0v) is 7.54. The first-order chi connectivity index (χ1) is 5.22. The maximum Gasteiger partial charge on any atom is 0.0521 e. The summed E-state index contributed by atoms with van der Waals surface area (Å²) < 4.78 is 1.97. The lowest BCUT2D eigenvalue weighted by molar-refractivity contribution is 0.640. The van der Waals surface area contributed by atoms with Crippen LogP contribution in [0.1, 0.15) is 26.3 Å². The Hall–Kier alpha value is -0.790. The molecule has 0 saturated carbocycles. The second-order valence-corrected chi connectivity index (χ2v) is 3.30. The Morgan fingerprint density at radius 1 is 1.55 bits per heavy atom. The van der Waals surface area contributed by atoms with Gasteiger partial charge in [0.1, 0.15) is 0 Å². The molecule has 0 fully saturated rings. The summed E-state index contributed by atoms with van der Waals surface area (Å²) in [6.07, 6.45) is 5.23. The van der Waals surface area contributed by atoms with Gasteiger partial charge in [0, 0.05) is 12.7 Å². The molecule has 0 aliphatic carbocycles. The zero-order chi connectivity index (χ0) is 8.27. The fourth-order valence-corrected chi connectivity index (χ4v) is 1.16. The van der Waals surface area contributed by atoms with E-state index in [0.717, 1.165) is 18.9 Å². The van der Waals surface area contributed by atoms with Crippen LogP contribution in [0.2, 0.25) is 0 Å². The van der Waals surface area contributed by atoms with Crippen LogP contribution < -0.4 is 0 Å². The van der Waals surface area contributed by atoms with Crippen molar-refractivity contribution in [2.75, 3.05) is 0 Å². The lowest BCUT2D eigenvalue weighted by atomic mass is 10.1. The third-order valence-corrected chi connectivity index (χ3v) is 1.65. The second kappa shape index (κ2) is 3.56. The van der Waals surface area contributed by atoms with Crippen LogP contribution in [-0.4, -0.2) is 9.78 Å². The number of hydrogen-bond donors (Lipinski definition) is 0. The van der Waals surface area contributed by atoms with Gasteiger partial charge in [0.25, 0.3) is 0 Å². The highest BCUT2D eigenvalue weighted by molar-refractivity contribution is 5.04. The van der Waals surface area contributed by atoms with Gasteiger partial charge in [-0.15, -0.1) is 0 Å². The topological polar surface area (TPSA) is 17.8 Å². The van der Waals surface area contributed by atoms with Crippen LogP contribution >= 0.6 is 0 Å². The molecule has 0 N–H and O–H groups in total. The standard InChI is InChI=1S/C9H16N2/c1-4-11-7-9(6-10-11)5-8(2)3/h6-8H,4-5H2,1-3H3. The Morgan fingerprint density at radius 2 is 2.27 bits per heavy atom. The van der Waals surface area contributed by atoms with Crippen molar-refractivity contribution >= 4 is 0 Å². The summed E-state index contributed by atoms with van der Waals surface area (Å²) in [5, 5.41) is 4.20. The maximum absolute atomic E-state index is 4.20.